The molecule has 0 aliphatic heterocycles. The Balaban J connectivity index is 2.41. The second kappa shape index (κ2) is 9.61. The smallest absolute Gasteiger partial charge is 0.382 e. The molecule has 180 valence electrons. The van der Waals surface area contributed by atoms with E-state index in [0.29, 0.717) is 0 Å². The Bertz CT molecular complexity index is 1390. The largest absolute Gasteiger partial charge is 0.504 e. The minimum absolute atomic E-state index is 0.209. The lowest BCUT2D eigenvalue weighted by Crippen LogP contribution is -2.26. The molecular formula is C17H18N2O10S4. The van der Waals surface area contributed by atoms with Gasteiger partial charge >= 0.3 is 24.6 Å². The fraction of sp³-hybridized carbons (Fsp3) is 0.235. The van der Waals surface area contributed by atoms with Crippen molar-refractivity contribution < 1.29 is 46.8 Å². The van der Waals surface area contributed by atoms with Gasteiger partial charge in [-0.3, -0.25) is 0 Å². The minimum Gasteiger partial charge on any atom is -0.382 e. The highest BCUT2D eigenvalue weighted by Crippen LogP contribution is 2.25. The van der Waals surface area contributed by atoms with Crippen molar-refractivity contribution in [2.75, 3.05) is 11.5 Å². The molecule has 0 aromatic heterocycles. The van der Waals surface area contributed by atoms with Crippen LogP contribution < -0.4 is 8.37 Å². The van der Waals surface area contributed by atoms with Crippen LogP contribution in [-0.2, 0) is 39.9 Å². The molecule has 2 aromatic rings. The van der Waals surface area contributed by atoms with Gasteiger partial charge in [0.15, 0.2) is 0 Å². The van der Waals surface area contributed by atoms with Crippen LogP contribution in [0.1, 0.15) is 13.8 Å². The van der Waals surface area contributed by atoms with Gasteiger partial charge in [0.1, 0.15) is 11.5 Å². The molecule has 16 heteroatoms. The summed E-state index contributed by atoms with van der Waals surface area (Å²) in [5.41, 5.74) is 9.22. The molecule has 0 amide bonds. The van der Waals surface area contributed by atoms with Crippen LogP contribution >= 0.6 is 0 Å². The van der Waals surface area contributed by atoms with Gasteiger partial charge in [-0.1, -0.05) is 0 Å². The third kappa shape index (κ3) is 6.17. The fourth-order valence-electron chi connectivity index (χ4n) is 2.21. The molecule has 0 atom stereocenters. The Morgan fingerprint density at radius 1 is 0.667 bits per heavy atom. The molecule has 0 N–H and O–H groups in total. The zero-order valence-electron chi connectivity index (χ0n) is 17.1. The third-order valence-corrected chi connectivity index (χ3v) is 10.5. The first-order valence-corrected chi connectivity index (χ1v) is 15.1. The van der Waals surface area contributed by atoms with Gasteiger partial charge in [0.25, 0.3) is 19.7 Å². The molecular weight excluding hydrogens is 520 g/mol. The molecule has 0 unspecified atom stereocenters. The van der Waals surface area contributed by atoms with E-state index in [-0.39, 0.29) is 23.0 Å². The summed E-state index contributed by atoms with van der Waals surface area (Å²) >= 11 is 0. The van der Waals surface area contributed by atoms with Crippen molar-refractivity contribution in [2.45, 2.75) is 23.6 Å². The average molecular weight is 539 g/mol. The fourth-order valence-corrected chi connectivity index (χ4v) is 6.60. The molecule has 0 aliphatic rings. The van der Waals surface area contributed by atoms with Crippen LogP contribution in [0, 0.1) is 0 Å². The molecule has 0 fully saturated rings. The van der Waals surface area contributed by atoms with E-state index in [1.165, 1.54) is 13.8 Å². The highest BCUT2D eigenvalue weighted by atomic mass is 32.3. The van der Waals surface area contributed by atoms with Crippen LogP contribution in [0.25, 0.3) is 5.53 Å². The lowest BCUT2D eigenvalue weighted by molar-refractivity contribution is 0.00380. The number of hydrogen-bond acceptors (Lipinski definition) is 10. The monoisotopic (exact) mass is 538 g/mol. The van der Waals surface area contributed by atoms with Gasteiger partial charge in [0.05, 0.1) is 21.3 Å². The topological polar surface area (TPSA) is 191 Å². The Kier molecular flexibility index (Phi) is 7.71. The second-order valence-corrected chi connectivity index (χ2v) is 13.9. The van der Waals surface area contributed by atoms with Gasteiger partial charge in [0, 0.05) is 0 Å². The first kappa shape index (κ1) is 26.5. The number of rotatable bonds is 8. The second-order valence-electron chi connectivity index (χ2n) is 6.17. The van der Waals surface area contributed by atoms with Crippen molar-refractivity contribution in [1.29, 1.82) is 0 Å². The van der Waals surface area contributed by atoms with Crippen LogP contribution in [0.2, 0.25) is 0 Å². The molecule has 0 saturated carbocycles. The molecule has 0 spiro atoms. The van der Waals surface area contributed by atoms with Crippen LogP contribution in [0.15, 0.2) is 58.3 Å². The number of benzene rings is 2. The molecule has 2 aromatic carbocycles. The van der Waals surface area contributed by atoms with E-state index in [1.807, 2.05) is 0 Å². The molecule has 0 bridgehead atoms. The molecule has 0 saturated heterocycles. The Morgan fingerprint density at radius 2 is 0.970 bits per heavy atom. The summed E-state index contributed by atoms with van der Waals surface area (Å²) < 4.78 is 105. The van der Waals surface area contributed by atoms with E-state index in [0.717, 1.165) is 48.5 Å². The van der Waals surface area contributed by atoms with E-state index in [9.17, 15) is 39.2 Å². The standard InChI is InChI=1S/C17H18N2O10S4/c1-3-30(20,21)28-13-5-9-15(10-6-13)32(24,25)17(19-18)33(26,27)16-11-7-14(8-12-16)29-31(22,23)4-2/h5-12H,3-4H2,1-2H3. The normalized spacial score (nSPS) is 12.5. The van der Waals surface area contributed by atoms with Crippen molar-refractivity contribution in [3.63, 3.8) is 0 Å². The van der Waals surface area contributed by atoms with Gasteiger partial charge in [-0.25, -0.2) is 16.8 Å². The Hall–Kier alpha value is -2.78. The quantitative estimate of drug-likeness (QED) is 0.154. The first-order chi connectivity index (χ1) is 15.2. The van der Waals surface area contributed by atoms with Gasteiger partial charge in [0.2, 0.25) is 0 Å². The third-order valence-electron chi connectivity index (χ3n) is 3.96. The van der Waals surface area contributed by atoms with Crippen LogP contribution in [0.5, 0.6) is 11.5 Å². The summed E-state index contributed by atoms with van der Waals surface area (Å²) in [5, 5.41) is 0. The van der Waals surface area contributed by atoms with Gasteiger partial charge < -0.3 is 13.9 Å². The summed E-state index contributed by atoms with van der Waals surface area (Å²) in [5.74, 6) is -1.08. The average Bonchev–Trinajstić information content (AvgIpc) is 2.74. The van der Waals surface area contributed by atoms with Crippen molar-refractivity contribution in [2.24, 2.45) is 0 Å². The maximum Gasteiger partial charge on any atom is 0.504 e. The molecule has 0 heterocycles. The summed E-state index contributed by atoms with van der Waals surface area (Å²) in [7, 11) is -17.5. The summed E-state index contributed by atoms with van der Waals surface area (Å²) in [6.07, 6.45) is 0. The summed E-state index contributed by atoms with van der Waals surface area (Å²) in [6.45, 7) is 2.68. The maximum absolute atomic E-state index is 12.8. The van der Waals surface area contributed by atoms with Gasteiger partial charge in [-0.2, -0.15) is 16.8 Å². The van der Waals surface area contributed by atoms with Crippen molar-refractivity contribution >= 4 is 44.3 Å². The van der Waals surface area contributed by atoms with Gasteiger partial charge in [-0.15, -0.1) is 4.79 Å². The minimum atomic E-state index is -4.89. The van der Waals surface area contributed by atoms with E-state index < -0.39 is 54.1 Å². The maximum atomic E-state index is 12.8. The lowest BCUT2D eigenvalue weighted by atomic mass is 10.3. The van der Waals surface area contributed by atoms with Crippen LogP contribution in [0.4, 0.5) is 0 Å². The summed E-state index contributed by atoms with van der Waals surface area (Å²) in [6, 6.07) is 7.46. The number of nitrogens with zero attached hydrogens (tertiary/aromatic N) is 2. The van der Waals surface area contributed by atoms with E-state index in [2.05, 4.69) is 4.79 Å². The lowest BCUT2D eigenvalue weighted by Gasteiger charge is -2.07. The van der Waals surface area contributed by atoms with E-state index in [4.69, 9.17) is 8.37 Å². The van der Waals surface area contributed by atoms with Crippen molar-refractivity contribution in [1.82, 2.24) is 0 Å². The highest BCUT2D eigenvalue weighted by molar-refractivity contribution is 8.31. The molecule has 2 rings (SSSR count). The number of sulfone groups is 2. The Labute approximate surface area is 191 Å². The van der Waals surface area contributed by atoms with Crippen LogP contribution in [0.3, 0.4) is 0 Å². The van der Waals surface area contributed by atoms with Crippen molar-refractivity contribution in [3.8, 4) is 11.5 Å². The van der Waals surface area contributed by atoms with Crippen molar-refractivity contribution in [3.05, 3.63) is 54.1 Å². The van der Waals surface area contributed by atoms with Crippen LogP contribution in [-0.4, -0.2) is 54.3 Å². The number of hydrogen-bond donors (Lipinski definition) is 0. The van der Waals surface area contributed by atoms with E-state index >= 15 is 0 Å². The zero-order chi connectivity index (χ0) is 25.1. The summed E-state index contributed by atoms with van der Waals surface area (Å²) in [4.78, 5) is 1.23. The predicted octanol–water partition coefficient (Wildman–Crippen LogP) is 0.977. The molecule has 33 heavy (non-hydrogen) atoms. The molecule has 12 nitrogen and oxygen atoms in total. The Morgan fingerprint density at radius 3 is 1.21 bits per heavy atom. The molecule has 0 radical (unpaired) electrons. The zero-order valence-corrected chi connectivity index (χ0v) is 20.4. The van der Waals surface area contributed by atoms with E-state index in [1.54, 1.807) is 0 Å². The van der Waals surface area contributed by atoms with Gasteiger partial charge in [-0.05, 0) is 62.4 Å². The molecule has 0 aliphatic carbocycles. The first-order valence-electron chi connectivity index (χ1n) is 8.95. The highest BCUT2D eigenvalue weighted by Gasteiger charge is 2.44. The predicted molar refractivity (Wildman–Crippen MR) is 116 cm³/mol. The SMILES string of the molecule is CCS(=O)(=O)Oc1ccc(S(=O)(=O)C(=[N+]=[N-])S(=O)(=O)c2ccc(OS(=O)(=O)CC)cc2)cc1.